The molecule has 0 radical (unpaired) electrons. The zero-order valence-electron chi connectivity index (χ0n) is 13.8. The van der Waals surface area contributed by atoms with Gasteiger partial charge < -0.3 is 15.1 Å². The van der Waals surface area contributed by atoms with E-state index >= 15 is 0 Å². The zero-order chi connectivity index (χ0) is 18.0. The molecule has 0 saturated heterocycles. The number of carbonyl (C=O) groups excluding carboxylic acids is 2. The Bertz CT molecular complexity index is 985. The van der Waals surface area contributed by atoms with E-state index in [4.69, 9.17) is 4.42 Å². The quantitative estimate of drug-likeness (QED) is 0.764. The van der Waals surface area contributed by atoms with Gasteiger partial charge in [-0.2, -0.15) is 0 Å². The first-order valence-electron chi connectivity index (χ1n) is 7.74. The molecule has 0 fully saturated rings. The maximum absolute atomic E-state index is 12.5. The van der Waals surface area contributed by atoms with Gasteiger partial charge in [0, 0.05) is 18.3 Å². The van der Waals surface area contributed by atoms with Gasteiger partial charge in [0.1, 0.15) is 6.04 Å². The van der Waals surface area contributed by atoms with Crippen molar-refractivity contribution in [3.8, 4) is 0 Å². The molecule has 3 aromatic rings. The van der Waals surface area contributed by atoms with Gasteiger partial charge in [-0.15, -0.1) is 0 Å². The van der Waals surface area contributed by atoms with Gasteiger partial charge in [-0.25, -0.2) is 4.79 Å². The largest absolute Gasteiger partial charge is 0.420 e. The Balaban J connectivity index is 1.79. The average molecular weight is 339 g/mol. The van der Waals surface area contributed by atoms with Crippen LogP contribution in [0.5, 0.6) is 0 Å². The number of amides is 2. The van der Waals surface area contributed by atoms with Crippen molar-refractivity contribution in [2.75, 3.05) is 10.6 Å². The fourth-order valence-electron chi connectivity index (χ4n) is 2.55. The molecule has 3 rings (SSSR count). The number of hydrogen-bond donors (Lipinski definition) is 2. The van der Waals surface area contributed by atoms with E-state index in [0.717, 1.165) is 0 Å². The summed E-state index contributed by atoms with van der Waals surface area (Å²) in [6.45, 7) is 3.05. The van der Waals surface area contributed by atoms with Crippen molar-refractivity contribution in [1.29, 1.82) is 0 Å². The van der Waals surface area contributed by atoms with Crippen LogP contribution >= 0.6 is 0 Å². The van der Waals surface area contributed by atoms with Crippen LogP contribution < -0.4 is 16.4 Å². The topological polar surface area (TPSA) is 93.3 Å². The summed E-state index contributed by atoms with van der Waals surface area (Å²) in [7, 11) is 0. The summed E-state index contributed by atoms with van der Waals surface area (Å²) >= 11 is 0. The van der Waals surface area contributed by atoms with Gasteiger partial charge in [0.2, 0.25) is 11.8 Å². The van der Waals surface area contributed by atoms with E-state index in [1.165, 1.54) is 11.5 Å². The highest BCUT2D eigenvalue weighted by Crippen LogP contribution is 2.19. The third-order valence-electron chi connectivity index (χ3n) is 3.76. The molecule has 7 heteroatoms. The number of nitrogens with zero attached hydrogens (tertiary/aromatic N) is 1. The molecule has 0 aliphatic rings. The number of hydrogen-bond acceptors (Lipinski definition) is 4. The first-order chi connectivity index (χ1) is 12.0. The Kier molecular flexibility index (Phi) is 4.38. The van der Waals surface area contributed by atoms with Crippen LogP contribution in [-0.2, 0) is 9.59 Å². The van der Waals surface area contributed by atoms with Gasteiger partial charge in [0.25, 0.3) is 0 Å². The van der Waals surface area contributed by atoms with Gasteiger partial charge in [-0.3, -0.25) is 14.2 Å². The number of rotatable bonds is 4. The number of oxazole rings is 1. The number of aromatic nitrogens is 1. The molecule has 0 saturated carbocycles. The minimum absolute atomic E-state index is 0.170. The molecule has 0 bridgehead atoms. The summed E-state index contributed by atoms with van der Waals surface area (Å²) in [6.07, 6.45) is 0. The van der Waals surface area contributed by atoms with Crippen molar-refractivity contribution < 1.29 is 14.0 Å². The molecule has 1 aromatic heterocycles. The molecule has 25 heavy (non-hydrogen) atoms. The molecule has 0 spiro atoms. The fraction of sp³-hybridized carbons (Fsp3) is 0.167. The number of benzene rings is 2. The number of para-hydroxylation sites is 2. The normalized spacial score (nSPS) is 11.9. The van der Waals surface area contributed by atoms with Crippen molar-refractivity contribution in [3.05, 3.63) is 59.1 Å². The Morgan fingerprint density at radius 2 is 1.60 bits per heavy atom. The van der Waals surface area contributed by atoms with Crippen molar-refractivity contribution in [2.24, 2.45) is 0 Å². The predicted octanol–water partition coefficient (Wildman–Crippen LogP) is 2.75. The van der Waals surface area contributed by atoms with E-state index in [1.807, 2.05) is 0 Å². The van der Waals surface area contributed by atoms with Gasteiger partial charge in [0.05, 0.1) is 5.52 Å². The van der Waals surface area contributed by atoms with Crippen LogP contribution in [-0.4, -0.2) is 16.4 Å². The average Bonchev–Trinajstić information content (AvgIpc) is 2.91. The van der Waals surface area contributed by atoms with E-state index in [2.05, 4.69) is 10.6 Å². The predicted molar refractivity (Wildman–Crippen MR) is 94.6 cm³/mol. The number of anilines is 2. The molecule has 2 N–H and O–H groups in total. The standard InChI is InChI=1S/C18H17N3O4/c1-11(21-15-5-3-4-6-16(15)25-18(21)24)17(23)20-14-9-7-13(8-10-14)19-12(2)22/h3-11H,1-2H3,(H,19,22)(H,20,23). The van der Waals surface area contributed by atoms with E-state index in [9.17, 15) is 14.4 Å². The molecular weight excluding hydrogens is 322 g/mol. The summed E-state index contributed by atoms with van der Waals surface area (Å²) < 4.78 is 6.48. The van der Waals surface area contributed by atoms with Gasteiger partial charge in [-0.05, 0) is 43.3 Å². The summed E-state index contributed by atoms with van der Waals surface area (Å²) in [5.74, 6) is -1.09. The summed E-state index contributed by atoms with van der Waals surface area (Å²) in [4.78, 5) is 35.6. The smallest absolute Gasteiger partial charge is 0.408 e. The fourth-order valence-corrected chi connectivity index (χ4v) is 2.55. The van der Waals surface area contributed by atoms with E-state index < -0.39 is 11.8 Å². The van der Waals surface area contributed by atoms with Crippen LogP contribution in [0.15, 0.2) is 57.7 Å². The maximum Gasteiger partial charge on any atom is 0.420 e. The third-order valence-corrected chi connectivity index (χ3v) is 3.76. The Hall–Kier alpha value is -3.35. The number of fused-ring (bicyclic) bond motifs is 1. The lowest BCUT2D eigenvalue weighted by Gasteiger charge is -2.13. The van der Waals surface area contributed by atoms with Crippen LogP contribution in [0.4, 0.5) is 11.4 Å². The van der Waals surface area contributed by atoms with Crippen molar-refractivity contribution in [3.63, 3.8) is 0 Å². The van der Waals surface area contributed by atoms with Crippen LogP contribution in [0.2, 0.25) is 0 Å². The molecule has 1 heterocycles. The lowest BCUT2D eigenvalue weighted by atomic mass is 10.2. The first kappa shape index (κ1) is 16.5. The van der Waals surface area contributed by atoms with Crippen LogP contribution in [0.3, 0.4) is 0 Å². The Morgan fingerprint density at radius 3 is 2.24 bits per heavy atom. The Morgan fingerprint density at radius 1 is 1.00 bits per heavy atom. The third kappa shape index (κ3) is 3.45. The second-order valence-electron chi connectivity index (χ2n) is 5.63. The summed E-state index contributed by atoms with van der Waals surface area (Å²) in [6, 6.07) is 12.9. The lowest BCUT2D eigenvalue weighted by Crippen LogP contribution is -2.29. The second kappa shape index (κ2) is 6.64. The molecule has 7 nitrogen and oxygen atoms in total. The molecule has 1 atom stereocenters. The SMILES string of the molecule is CC(=O)Nc1ccc(NC(=O)C(C)n2c(=O)oc3ccccc32)cc1. The minimum Gasteiger partial charge on any atom is -0.408 e. The van der Waals surface area contributed by atoms with Crippen molar-refractivity contribution in [2.45, 2.75) is 19.9 Å². The number of carbonyl (C=O) groups is 2. The zero-order valence-corrected chi connectivity index (χ0v) is 13.8. The van der Waals surface area contributed by atoms with Crippen molar-refractivity contribution >= 4 is 34.3 Å². The molecule has 0 aliphatic carbocycles. The first-order valence-corrected chi connectivity index (χ1v) is 7.74. The van der Waals surface area contributed by atoms with E-state index in [1.54, 1.807) is 55.5 Å². The molecule has 128 valence electrons. The minimum atomic E-state index is -0.744. The second-order valence-corrected chi connectivity index (χ2v) is 5.63. The molecule has 0 aliphatic heterocycles. The van der Waals surface area contributed by atoms with Gasteiger partial charge >= 0.3 is 5.76 Å². The molecular formula is C18H17N3O4. The number of nitrogens with one attached hydrogen (secondary N) is 2. The van der Waals surface area contributed by atoms with Crippen LogP contribution in [0.25, 0.3) is 11.1 Å². The van der Waals surface area contributed by atoms with Gasteiger partial charge in [0.15, 0.2) is 5.58 Å². The molecule has 1 unspecified atom stereocenters. The van der Waals surface area contributed by atoms with Crippen LogP contribution in [0, 0.1) is 0 Å². The highest BCUT2D eigenvalue weighted by Gasteiger charge is 2.21. The van der Waals surface area contributed by atoms with Crippen LogP contribution in [0.1, 0.15) is 19.9 Å². The monoisotopic (exact) mass is 339 g/mol. The summed E-state index contributed by atoms with van der Waals surface area (Å²) in [5.41, 5.74) is 2.20. The Labute approximate surface area is 143 Å². The molecule has 2 amide bonds. The summed E-state index contributed by atoms with van der Waals surface area (Å²) in [5, 5.41) is 5.40. The highest BCUT2D eigenvalue weighted by molar-refractivity contribution is 5.95. The van der Waals surface area contributed by atoms with E-state index in [0.29, 0.717) is 22.5 Å². The van der Waals surface area contributed by atoms with Gasteiger partial charge in [-0.1, -0.05) is 12.1 Å². The maximum atomic E-state index is 12.5. The van der Waals surface area contributed by atoms with Crippen molar-refractivity contribution in [1.82, 2.24) is 4.57 Å². The lowest BCUT2D eigenvalue weighted by molar-refractivity contribution is -0.119. The highest BCUT2D eigenvalue weighted by atomic mass is 16.4. The van der Waals surface area contributed by atoms with E-state index in [-0.39, 0.29) is 11.8 Å². The molecule has 2 aromatic carbocycles.